The Hall–Kier alpha value is -1.67. The van der Waals surface area contributed by atoms with Crippen molar-refractivity contribution in [2.45, 2.75) is 39.3 Å². The summed E-state index contributed by atoms with van der Waals surface area (Å²) in [5.74, 6) is 0.0965. The monoisotopic (exact) mass is 354 g/mol. The molecule has 0 aliphatic carbocycles. The lowest BCUT2D eigenvalue weighted by molar-refractivity contribution is -0.135. The second kappa shape index (κ2) is 8.98. The minimum absolute atomic E-state index is 0.0322. The summed E-state index contributed by atoms with van der Waals surface area (Å²) in [6.45, 7) is 5.62. The van der Waals surface area contributed by atoms with Gasteiger partial charge in [0.15, 0.2) is 0 Å². The fourth-order valence-corrected chi connectivity index (χ4v) is 3.42. The Kier molecular flexibility index (Phi) is 6.99. The van der Waals surface area contributed by atoms with Crippen LogP contribution in [0.15, 0.2) is 11.6 Å². The Morgan fingerprint density at radius 3 is 2.96 bits per heavy atom. The number of carbonyl (C=O) groups excluding carboxylic acids is 2. The molecule has 2 rings (SSSR count). The number of likely N-dealkylation sites (tertiary alicyclic amines) is 1. The molecule has 0 bridgehead atoms. The molecule has 3 amide bonds. The van der Waals surface area contributed by atoms with Crippen LogP contribution in [0.25, 0.3) is 0 Å². The zero-order valence-electron chi connectivity index (χ0n) is 14.3. The first-order valence-electron chi connectivity index (χ1n) is 8.34. The number of aliphatic hydroxyl groups is 1. The van der Waals surface area contributed by atoms with Gasteiger partial charge >= 0.3 is 6.03 Å². The fraction of sp³-hybridized carbons (Fsp3) is 0.688. The minimum atomic E-state index is -0.219. The van der Waals surface area contributed by atoms with Crippen molar-refractivity contribution >= 4 is 23.3 Å². The van der Waals surface area contributed by atoms with E-state index < -0.39 is 0 Å². The number of nitrogens with zero attached hydrogens (tertiary/aromatic N) is 3. The first-order chi connectivity index (χ1) is 11.5. The van der Waals surface area contributed by atoms with Crippen LogP contribution in [0.1, 0.15) is 31.7 Å². The topological polar surface area (TPSA) is 85.8 Å². The quantitative estimate of drug-likeness (QED) is 0.806. The number of hydrogen-bond acceptors (Lipinski definition) is 5. The molecule has 134 valence electrons. The summed E-state index contributed by atoms with van der Waals surface area (Å²) in [5.41, 5.74) is 0. The van der Waals surface area contributed by atoms with Crippen LogP contribution in [0.5, 0.6) is 0 Å². The molecule has 8 heteroatoms. The van der Waals surface area contributed by atoms with Crippen molar-refractivity contribution in [3.63, 3.8) is 0 Å². The molecule has 0 aromatic carbocycles. The molecular weight excluding hydrogens is 328 g/mol. The molecular formula is C16H26N4O3S. The lowest BCUT2D eigenvalue weighted by atomic mass is 10.0. The number of aromatic nitrogens is 1. The van der Waals surface area contributed by atoms with E-state index in [0.717, 1.165) is 24.4 Å². The summed E-state index contributed by atoms with van der Waals surface area (Å²) >= 11 is 1.48. The van der Waals surface area contributed by atoms with E-state index in [1.165, 1.54) is 11.3 Å². The van der Waals surface area contributed by atoms with E-state index in [1.54, 1.807) is 11.1 Å². The lowest BCUT2D eigenvalue weighted by Crippen LogP contribution is -2.53. The van der Waals surface area contributed by atoms with Crippen LogP contribution in [0.2, 0.25) is 0 Å². The van der Waals surface area contributed by atoms with E-state index in [-0.39, 0.29) is 37.0 Å². The standard InChI is InChI=1S/C16H26N4O3S/c1-12(2)15(22)19-6-3-4-13(10-19)18-16(23)20(7-8-21)11-14-17-5-9-24-14/h5,9,12-13,21H,3-4,6-8,10-11H2,1-2H3,(H,18,23). The van der Waals surface area contributed by atoms with E-state index in [9.17, 15) is 14.7 Å². The number of rotatable bonds is 6. The highest BCUT2D eigenvalue weighted by Crippen LogP contribution is 2.14. The Morgan fingerprint density at radius 2 is 2.33 bits per heavy atom. The van der Waals surface area contributed by atoms with Gasteiger partial charge < -0.3 is 20.2 Å². The summed E-state index contributed by atoms with van der Waals surface area (Å²) < 4.78 is 0. The van der Waals surface area contributed by atoms with Crippen LogP contribution in [-0.2, 0) is 11.3 Å². The minimum Gasteiger partial charge on any atom is -0.395 e. The molecule has 24 heavy (non-hydrogen) atoms. The molecule has 1 fully saturated rings. The first-order valence-corrected chi connectivity index (χ1v) is 9.22. The number of urea groups is 1. The third-order valence-electron chi connectivity index (χ3n) is 4.02. The normalized spacial score (nSPS) is 17.8. The van der Waals surface area contributed by atoms with Crippen LogP contribution < -0.4 is 5.32 Å². The number of thiazole rings is 1. The average molecular weight is 354 g/mol. The highest BCUT2D eigenvalue weighted by molar-refractivity contribution is 7.09. The number of carbonyl (C=O) groups is 2. The smallest absolute Gasteiger partial charge is 0.318 e. The zero-order valence-corrected chi connectivity index (χ0v) is 15.1. The molecule has 1 saturated heterocycles. The summed E-state index contributed by atoms with van der Waals surface area (Å²) in [6.07, 6.45) is 3.44. The number of piperidine rings is 1. The largest absolute Gasteiger partial charge is 0.395 e. The molecule has 1 aliphatic rings. The van der Waals surface area contributed by atoms with Crippen molar-refractivity contribution in [3.8, 4) is 0 Å². The zero-order chi connectivity index (χ0) is 17.5. The molecule has 1 aromatic heterocycles. The lowest BCUT2D eigenvalue weighted by Gasteiger charge is -2.35. The van der Waals surface area contributed by atoms with Gasteiger partial charge in [0.25, 0.3) is 0 Å². The van der Waals surface area contributed by atoms with E-state index in [0.29, 0.717) is 13.1 Å². The second-order valence-corrected chi connectivity index (χ2v) is 7.28. The van der Waals surface area contributed by atoms with E-state index in [4.69, 9.17) is 0 Å². The third kappa shape index (κ3) is 5.17. The van der Waals surface area contributed by atoms with Crippen molar-refractivity contribution in [3.05, 3.63) is 16.6 Å². The van der Waals surface area contributed by atoms with Crippen molar-refractivity contribution in [1.29, 1.82) is 0 Å². The van der Waals surface area contributed by atoms with Gasteiger partial charge in [-0.1, -0.05) is 13.8 Å². The Bertz CT molecular complexity index is 535. The van der Waals surface area contributed by atoms with Gasteiger partial charge in [0, 0.05) is 43.2 Å². The first kappa shape index (κ1) is 18.7. The van der Waals surface area contributed by atoms with Gasteiger partial charge in [-0.3, -0.25) is 4.79 Å². The number of hydrogen-bond donors (Lipinski definition) is 2. The molecule has 1 aromatic rings. The van der Waals surface area contributed by atoms with Crippen LogP contribution in [0.3, 0.4) is 0 Å². The molecule has 0 saturated carbocycles. The summed E-state index contributed by atoms with van der Waals surface area (Å²) in [4.78, 5) is 32.2. The summed E-state index contributed by atoms with van der Waals surface area (Å²) in [7, 11) is 0. The number of nitrogens with one attached hydrogen (secondary N) is 1. The fourth-order valence-electron chi connectivity index (χ4n) is 2.79. The van der Waals surface area contributed by atoms with Gasteiger partial charge in [0.05, 0.1) is 13.2 Å². The second-order valence-electron chi connectivity index (χ2n) is 6.30. The van der Waals surface area contributed by atoms with Gasteiger partial charge in [-0.05, 0) is 12.8 Å². The Balaban J connectivity index is 1.92. The van der Waals surface area contributed by atoms with Crippen LogP contribution in [0, 0.1) is 5.92 Å². The van der Waals surface area contributed by atoms with Gasteiger partial charge in [0.1, 0.15) is 5.01 Å². The highest BCUT2D eigenvalue weighted by Gasteiger charge is 2.27. The predicted octanol–water partition coefficient (Wildman–Crippen LogP) is 1.29. The van der Waals surface area contributed by atoms with Crippen LogP contribution >= 0.6 is 11.3 Å². The molecule has 0 radical (unpaired) electrons. The molecule has 1 unspecified atom stereocenters. The van der Waals surface area contributed by atoms with E-state index in [2.05, 4.69) is 10.3 Å². The maximum absolute atomic E-state index is 12.5. The molecule has 7 nitrogen and oxygen atoms in total. The third-order valence-corrected chi connectivity index (χ3v) is 4.79. The number of aliphatic hydroxyl groups excluding tert-OH is 1. The van der Waals surface area contributed by atoms with Crippen molar-refractivity contribution in [2.24, 2.45) is 5.92 Å². The van der Waals surface area contributed by atoms with Crippen molar-refractivity contribution in [1.82, 2.24) is 20.1 Å². The number of amides is 3. The molecule has 1 aliphatic heterocycles. The molecule has 0 spiro atoms. The van der Waals surface area contributed by atoms with Crippen LogP contribution in [0.4, 0.5) is 4.79 Å². The molecule has 1 atom stereocenters. The predicted molar refractivity (Wildman–Crippen MR) is 92.6 cm³/mol. The summed E-state index contributed by atoms with van der Waals surface area (Å²) in [6, 6.07) is -0.269. The van der Waals surface area contributed by atoms with Gasteiger partial charge in [-0.2, -0.15) is 0 Å². The maximum atomic E-state index is 12.5. The Labute approximate surface area is 146 Å². The van der Waals surface area contributed by atoms with E-state index >= 15 is 0 Å². The maximum Gasteiger partial charge on any atom is 0.318 e. The summed E-state index contributed by atoms with van der Waals surface area (Å²) in [5, 5.41) is 14.9. The molecule has 2 N–H and O–H groups in total. The Morgan fingerprint density at radius 1 is 1.54 bits per heavy atom. The van der Waals surface area contributed by atoms with Gasteiger partial charge in [0.2, 0.25) is 5.91 Å². The van der Waals surface area contributed by atoms with Crippen molar-refractivity contribution < 1.29 is 14.7 Å². The average Bonchev–Trinajstić information content (AvgIpc) is 3.07. The SMILES string of the molecule is CC(C)C(=O)N1CCCC(NC(=O)N(CCO)Cc2nccs2)C1. The molecule has 2 heterocycles. The highest BCUT2D eigenvalue weighted by atomic mass is 32.1. The van der Waals surface area contributed by atoms with E-state index in [1.807, 2.05) is 24.1 Å². The van der Waals surface area contributed by atoms with Crippen molar-refractivity contribution in [2.75, 3.05) is 26.2 Å². The van der Waals surface area contributed by atoms with Gasteiger partial charge in [-0.15, -0.1) is 11.3 Å². The van der Waals surface area contributed by atoms with Crippen LogP contribution in [-0.4, -0.2) is 64.1 Å². The van der Waals surface area contributed by atoms with Gasteiger partial charge in [-0.25, -0.2) is 9.78 Å².